The van der Waals surface area contributed by atoms with Crippen LogP contribution in [0.3, 0.4) is 0 Å². The smallest absolute Gasteiger partial charge is 0.266 e. The monoisotopic (exact) mass is 560 g/mol. The van der Waals surface area contributed by atoms with Crippen molar-refractivity contribution in [2.75, 3.05) is 25.5 Å². The van der Waals surface area contributed by atoms with E-state index in [1.807, 2.05) is 24.3 Å². The van der Waals surface area contributed by atoms with Gasteiger partial charge in [-0.2, -0.15) is 10.2 Å². The number of anilines is 1. The van der Waals surface area contributed by atoms with Crippen LogP contribution in [0, 0.1) is 24.1 Å². The zero-order valence-electron chi connectivity index (χ0n) is 23.2. The van der Waals surface area contributed by atoms with Gasteiger partial charge in [0.15, 0.2) is 5.65 Å². The Labute approximate surface area is 237 Å². The van der Waals surface area contributed by atoms with Gasteiger partial charge in [0.05, 0.1) is 35.6 Å². The molecule has 1 aliphatic heterocycles. The summed E-state index contributed by atoms with van der Waals surface area (Å²) in [4.78, 5) is 16.0. The summed E-state index contributed by atoms with van der Waals surface area (Å²) in [5, 5.41) is 14.2. The van der Waals surface area contributed by atoms with Crippen LogP contribution in [0.1, 0.15) is 60.3 Å². The van der Waals surface area contributed by atoms with E-state index in [4.69, 9.17) is 4.74 Å². The normalized spacial score (nSPS) is 16.0. The van der Waals surface area contributed by atoms with Crippen molar-refractivity contribution in [1.29, 1.82) is 5.26 Å². The summed E-state index contributed by atoms with van der Waals surface area (Å²) in [6.07, 6.45) is -1.76. The lowest BCUT2D eigenvalue weighted by Crippen LogP contribution is -2.41. The largest absolute Gasteiger partial charge is 0.481 e. The number of rotatable bonds is 8. The van der Waals surface area contributed by atoms with Crippen LogP contribution in [0.4, 0.5) is 19.0 Å². The van der Waals surface area contributed by atoms with E-state index in [-0.39, 0.29) is 5.56 Å². The van der Waals surface area contributed by atoms with Gasteiger partial charge in [-0.3, -0.25) is 4.90 Å². The Kier molecular flexibility index (Phi) is 8.08. The Bertz CT molecular complexity index is 1580. The highest BCUT2D eigenvalue weighted by atomic mass is 19.3. The number of pyridine rings is 1. The number of fused-ring (bicyclic) bond motifs is 1. The second-order valence-electron chi connectivity index (χ2n) is 10.4. The van der Waals surface area contributed by atoms with Gasteiger partial charge in [0.25, 0.3) is 6.43 Å². The first kappa shape index (κ1) is 28.3. The number of piperidine rings is 1. The zero-order chi connectivity index (χ0) is 29.1. The quantitative estimate of drug-likeness (QED) is 0.258. The molecule has 3 heterocycles. The van der Waals surface area contributed by atoms with Crippen molar-refractivity contribution in [2.24, 2.45) is 0 Å². The van der Waals surface area contributed by atoms with Crippen LogP contribution in [0.2, 0.25) is 0 Å². The highest BCUT2D eigenvalue weighted by molar-refractivity contribution is 5.88. The summed E-state index contributed by atoms with van der Waals surface area (Å²) in [5.41, 5.74) is 0.810. The molecule has 1 fully saturated rings. The van der Waals surface area contributed by atoms with Gasteiger partial charge in [-0.15, -0.1) is 0 Å². The van der Waals surface area contributed by atoms with Gasteiger partial charge >= 0.3 is 0 Å². The molecule has 0 spiro atoms. The number of halogens is 3. The van der Waals surface area contributed by atoms with Crippen molar-refractivity contribution in [2.45, 2.75) is 51.1 Å². The Hall–Kier alpha value is -4.23. The molecule has 5 rings (SSSR count). The van der Waals surface area contributed by atoms with Crippen LogP contribution < -0.4 is 10.1 Å². The minimum absolute atomic E-state index is 0.0909. The maximum Gasteiger partial charge on any atom is 0.266 e. The third-order valence-electron chi connectivity index (χ3n) is 7.76. The molecule has 4 aromatic rings. The summed E-state index contributed by atoms with van der Waals surface area (Å²) in [6, 6.07) is 17.9. The maximum atomic E-state index is 14.9. The van der Waals surface area contributed by atoms with Crippen molar-refractivity contribution >= 4 is 16.9 Å². The third-order valence-corrected chi connectivity index (χ3v) is 7.76. The average Bonchev–Trinajstić information content (AvgIpc) is 2.97. The molecule has 0 amide bonds. The van der Waals surface area contributed by atoms with Crippen molar-refractivity contribution in [3.8, 4) is 11.9 Å². The number of nitrogens with one attached hydrogen (secondary N) is 1. The number of methoxy groups -OCH3 is 1. The number of hydrogen-bond acceptors (Lipinski definition) is 7. The van der Waals surface area contributed by atoms with Gasteiger partial charge < -0.3 is 10.1 Å². The van der Waals surface area contributed by atoms with E-state index in [1.165, 1.54) is 24.8 Å². The van der Waals surface area contributed by atoms with Gasteiger partial charge in [0.2, 0.25) is 5.88 Å². The number of aryl methyl sites for hydroxylation is 1. The summed E-state index contributed by atoms with van der Waals surface area (Å²) in [6.45, 7) is 5.62. The van der Waals surface area contributed by atoms with Crippen molar-refractivity contribution < 1.29 is 17.9 Å². The fourth-order valence-corrected chi connectivity index (χ4v) is 5.49. The predicted molar refractivity (Wildman–Crippen MR) is 150 cm³/mol. The number of nitriles is 1. The Balaban J connectivity index is 1.49. The van der Waals surface area contributed by atoms with E-state index in [2.05, 4.69) is 43.4 Å². The van der Waals surface area contributed by atoms with E-state index in [1.54, 1.807) is 13.8 Å². The third kappa shape index (κ3) is 5.68. The number of nitrogens with zero attached hydrogens (tertiary/aromatic N) is 5. The maximum absolute atomic E-state index is 14.9. The first-order valence-corrected chi connectivity index (χ1v) is 13.5. The SMILES string of the molecule is COc1nc2nc(C)nc(N[C@H](C)c3cccc(C(F)F)c3F)c2cc1C1(C#N)CCN(Cc2ccccc2)CC1. The van der Waals surface area contributed by atoms with E-state index >= 15 is 0 Å². The molecule has 0 bridgehead atoms. The zero-order valence-corrected chi connectivity index (χ0v) is 23.2. The molecular weight excluding hydrogens is 529 g/mol. The fourth-order valence-electron chi connectivity index (χ4n) is 5.49. The van der Waals surface area contributed by atoms with E-state index in [0.717, 1.165) is 25.7 Å². The second-order valence-corrected chi connectivity index (χ2v) is 10.4. The highest BCUT2D eigenvalue weighted by Crippen LogP contribution is 2.42. The van der Waals surface area contributed by atoms with Crippen LogP contribution in [-0.2, 0) is 12.0 Å². The van der Waals surface area contributed by atoms with E-state index in [9.17, 15) is 18.4 Å². The summed E-state index contributed by atoms with van der Waals surface area (Å²) >= 11 is 0. The molecule has 1 aliphatic rings. The number of alkyl halides is 2. The average molecular weight is 561 g/mol. The summed E-state index contributed by atoms with van der Waals surface area (Å²) < 4.78 is 47.2. The number of benzene rings is 2. The number of ether oxygens (including phenoxy) is 1. The molecule has 41 heavy (non-hydrogen) atoms. The molecular formula is C31H31F3N6O. The standard InChI is InChI=1S/C31H31F3N6O/c1-19(22-10-7-11-23(26(22)32)27(33)34)36-28-24-16-25(30(41-3)39-29(24)38-20(2)37-28)31(18-35)12-14-40(15-13-31)17-21-8-5-4-6-9-21/h4-11,16,19,27H,12-15,17H2,1-3H3,(H,36,37,38,39)/t19-/m1/s1. The van der Waals surface area contributed by atoms with E-state index in [0.29, 0.717) is 47.0 Å². The van der Waals surface area contributed by atoms with Crippen LogP contribution in [0.25, 0.3) is 11.0 Å². The van der Waals surface area contributed by atoms with Gasteiger partial charge in [0.1, 0.15) is 17.5 Å². The molecule has 7 nitrogen and oxygen atoms in total. The molecule has 2 aromatic heterocycles. The van der Waals surface area contributed by atoms with Crippen LogP contribution in [0.5, 0.6) is 5.88 Å². The van der Waals surface area contributed by atoms with E-state index < -0.39 is 29.3 Å². The topological polar surface area (TPSA) is 87.0 Å². The van der Waals surface area contributed by atoms with Crippen molar-refractivity contribution in [1.82, 2.24) is 19.9 Å². The molecule has 0 aliphatic carbocycles. The second kappa shape index (κ2) is 11.7. The van der Waals surface area contributed by atoms with Crippen molar-refractivity contribution in [3.05, 3.63) is 88.5 Å². The lowest BCUT2D eigenvalue weighted by Gasteiger charge is -2.38. The highest BCUT2D eigenvalue weighted by Gasteiger charge is 2.40. The molecule has 212 valence electrons. The fraction of sp³-hybridized carbons (Fsp3) is 0.355. The molecule has 0 saturated carbocycles. The molecule has 0 unspecified atom stereocenters. The molecule has 0 radical (unpaired) electrons. The van der Waals surface area contributed by atoms with Crippen LogP contribution in [0.15, 0.2) is 54.6 Å². The lowest BCUT2D eigenvalue weighted by atomic mass is 9.74. The summed E-state index contributed by atoms with van der Waals surface area (Å²) in [5.74, 6) is 0.153. The first-order chi connectivity index (χ1) is 19.7. The van der Waals surface area contributed by atoms with Gasteiger partial charge in [0, 0.05) is 30.8 Å². The minimum Gasteiger partial charge on any atom is -0.481 e. The lowest BCUT2D eigenvalue weighted by molar-refractivity contribution is 0.146. The molecule has 1 atom stereocenters. The van der Waals surface area contributed by atoms with Crippen LogP contribution in [-0.4, -0.2) is 40.1 Å². The molecule has 2 aromatic carbocycles. The van der Waals surface area contributed by atoms with Crippen LogP contribution >= 0.6 is 0 Å². The number of hydrogen-bond donors (Lipinski definition) is 1. The predicted octanol–water partition coefficient (Wildman–Crippen LogP) is 6.65. The number of aromatic nitrogens is 3. The Morgan fingerprint density at radius 2 is 1.76 bits per heavy atom. The first-order valence-electron chi connectivity index (χ1n) is 13.5. The van der Waals surface area contributed by atoms with Gasteiger partial charge in [-0.1, -0.05) is 48.5 Å². The van der Waals surface area contributed by atoms with Gasteiger partial charge in [-0.25, -0.2) is 23.1 Å². The molecule has 1 saturated heterocycles. The Morgan fingerprint density at radius 3 is 2.41 bits per heavy atom. The minimum atomic E-state index is -2.93. The van der Waals surface area contributed by atoms with Crippen molar-refractivity contribution in [3.63, 3.8) is 0 Å². The van der Waals surface area contributed by atoms with Gasteiger partial charge in [-0.05, 0) is 38.3 Å². The number of likely N-dealkylation sites (tertiary alicyclic amines) is 1. The summed E-state index contributed by atoms with van der Waals surface area (Å²) in [7, 11) is 1.52. The molecule has 10 heteroatoms. The Morgan fingerprint density at radius 1 is 1.05 bits per heavy atom. The molecule has 1 N–H and O–H groups in total.